The van der Waals surface area contributed by atoms with Crippen molar-refractivity contribution in [2.24, 2.45) is 0 Å². The van der Waals surface area contributed by atoms with Crippen LogP contribution in [-0.2, 0) is 20.0 Å². The van der Waals surface area contributed by atoms with Gasteiger partial charge in [0.05, 0.1) is 16.4 Å². The van der Waals surface area contributed by atoms with Gasteiger partial charge in [-0.2, -0.15) is 0 Å². The SMILES string of the molecule is C[C@@H](COc1ccc(S(C)(=O)=O)cc1)N1CCC2(CC1)C(=O)N([C@H]1C[C@@H](O)C1)c1ccc(Cl)cc12. The molecule has 1 N–H and O–H groups in total. The Hall–Kier alpha value is -2.13. The van der Waals surface area contributed by atoms with E-state index < -0.39 is 15.3 Å². The number of nitrogens with zero attached hydrogens (tertiary/aromatic N) is 2. The van der Waals surface area contributed by atoms with Crippen molar-refractivity contribution in [3.63, 3.8) is 0 Å². The van der Waals surface area contributed by atoms with Gasteiger partial charge in [-0.15, -0.1) is 0 Å². The maximum Gasteiger partial charge on any atom is 0.238 e. The van der Waals surface area contributed by atoms with Gasteiger partial charge in [0.1, 0.15) is 12.4 Å². The van der Waals surface area contributed by atoms with Crippen LogP contribution in [0.1, 0.15) is 38.2 Å². The lowest BCUT2D eigenvalue weighted by Crippen LogP contribution is -2.55. The zero-order valence-electron chi connectivity index (χ0n) is 20.0. The summed E-state index contributed by atoms with van der Waals surface area (Å²) in [5, 5.41) is 10.5. The lowest BCUT2D eigenvalue weighted by atomic mass is 9.73. The molecular formula is C26H31ClN2O5S. The zero-order valence-corrected chi connectivity index (χ0v) is 21.6. The first-order valence-electron chi connectivity index (χ1n) is 12.1. The summed E-state index contributed by atoms with van der Waals surface area (Å²) in [6.45, 7) is 4.09. The van der Waals surface area contributed by atoms with E-state index in [1.165, 1.54) is 6.26 Å². The van der Waals surface area contributed by atoms with Gasteiger partial charge >= 0.3 is 0 Å². The Labute approximate surface area is 211 Å². The summed E-state index contributed by atoms with van der Waals surface area (Å²) in [7, 11) is -3.23. The van der Waals surface area contributed by atoms with E-state index in [0.29, 0.717) is 43.1 Å². The van der Waals surface area contributed by atoms with Crippen LogP contribution in [0.2, 0.25) is 5.02 Å². The summed E-state index contributed by atoms with van der Waals surface area (Å²) < 4.78 is 29.2. The molecule has 0 bridgehead atoms. The molecule has 0 aromatic heterocycles. The lowest BCUT2D eigenvalue weighted by molar-refractivity contribution is -0.126. The van der Waals surface area contributed by atoms with E-state index in [9.17, 15) is 18.3 Å². The van der Waals surface area contributed by atoms with E-state index in [-0.39, 0.29) is 29.0 Å². The van der Waals surface area contributed by atoms with E-state index in [0.717, 1.165) is 24.3 Å². The number of ether oxygens (including phenoxy) is 1. The van der Waals surface area contributed by atoms with Crippen molar-refractivity contribution in [3.05, 3.63) is 53.1 Å². The van der Waals surface area contributed by atoms with Gasteiger partial charge in [0.15, 0.2) is 9.84 Å². The molecule has 2 aliphatic heterocycles. The quantitative estimate of drug-likeness (QED) is 0.630. The van der Waals surface area contributed by atoms with Gasteiger partial charge in [-0.3, -0.25) is 9.69 Å². The first-order chi connectivity index (χ1) is 16.6. The highest BCUT2D eigenvalue weighted by Crippen LogP contribution is 2.51. The molecule has 2 aromatic rings. The van der Waals surface area contributed by atoms with E-state index in [2.05, 4.69) is 11.8 Å². The maximum absolute atomic E-state index is 13.8. The zero-order chi connectivity index (χ0) is 25.0. The van der Waals surface area contributed by atoms with Crippen LogP contribution in [0.3, 0.4) is 0 Å². The standard InChI is InChI=1S/C26H31ClN2O5S/c1-17(16-34-21-4-6-22(7-5-21)35(2,32)33)28-11-9-26(10-12-28)23-13-18(27)3-8-24(23)29(25(26)31)19-14-20(30)15-19/h3-8,13,17,19-20,30H,9-12,14-16H2,1-2H3/t17-,19-,20+/m0/s1. The summed E-state index contributed by atoms with van der Waals surface area (Å²) >= 11 is 6.35. The second-order valence-electron chi connectivity index (χ2n) is 10.1. The van der Waals surface area contributed by atoms with Crippen molar-refractivity contribution in [2.75, 3.05) is 30.9 Å². The van der Waals surface area contributed by atoms with Crippen molar-refractivity contribution in [1.29, 1.82) is 0 Å². The number of amides is 1. The molecular weight excluding hydrogens is 488 g/mol. The molecule has 188 valence electrons. The smallest absolute Gasteiger partial charge is 0.238 e. The Morgan fingerprint density at radius 2 is 1.80 bits per heavy atom. The number of aliphatic hydroxyl groups excluding tert-OH is 1. The number of aliphatic hydroxyl groups is 1. The van der Waals surface area contributed by atoms with E-state index in [1.807, 2.05) is 23.1 Å². The van der Waals surface area contributed by atoms with Gasteiger partial charge < -0.3 is 14.7 Å². The molecule has 7 nitrogen and oxygen atoms in total. The molecule has 3 aliphatic rings. The largest absolute Gasteiger partial charge is 0.492 e. The number of likely N-dealkylation sites (tertiary alicyclic amines) is 1. The number of piperidine rings is 1. The Balaban J connectivity index is 1.25. The minimum absolute atomic E-state index is 0.0521. The van der Waals surface area contributed by atoms with Crippen LogP contribution in [0, 0.1) is 0 Å². The molecule has 9 heteroatoms. The van der Waals surface area contributed by atoms with Crippen LogP contribution in [0.25, 0.3) is 0 Å². The van der Waals surface area contributed by atoms with Gasteiger partial charge in [0.2, 0.25) is 5.91 Å². The number of hydrogen-bond donors (Lipinski definition) is 1. The summed E-state index contributed by atoms with van der Waals surface area (Å²) in [6.07, 6.45) is 3.51. The Kier molecular flexibility index (Phi) is 6.36. The van der Waals surface area contributed by atoms with Crippen LogP contribution in [0.15, 0.2) is 47.4 Å². The second kappa shape index (κ2) is 9.07. The molecule has 1 saturated heterocycles. The molecule has 0 radical (unpaired) electrons. The van der Waals surface area contributed by atoms with Crippen LogP contribution in [0.4, 0.5) is 5.69 Å². The predicted octanol–water partition coefficient (Wildman–Crippen LogP) is 3.41. The first-order valence-corrected chi connectivity index (χ1v) is 14.3. The highest BCUT2D eigenvalue weighted by Gasteiger charge is 2.55. The summed E-state index contributed by atoms with van der Waals surface area (Å²) in [4.78, 5) is 18.3. The molecule has 35 heavy (non-hydrogen) atoms. The molecule has 1 saturated carbocycles. The third kappa shape index (κ3) is 4.46. The molecule has 0 unspecified atom stereocenters. The fourth-order valence-electron chi connectivity index (χ4n) is 5.62. The number of carbonyl (C=O) groups is 1. The monoisotopic (exact) mass is 518 g/mol. The number of hydrogen-bond acceptors (Lipinski definition) is 6. The molecule has 1 atom stereocenters. The van der Waals surface area contributed by atoms with Crippen LogP contribution >= 0.6 is 11.6 Å². The topological polar surface area (TPSA) is 87.2 Å². The normalized spacial score (nSPS) is 24.8. The molecule has 1 amide bonds. The predicted molar refractivity (Wildman–Crippen MR) is 135 cm³/mol. The van der Waals surface area contributed by atoms with Crippen molar-refractivity contribution in [3.8, 4) is 5.75 Å². The van der Waals surface area contributed by atoms with Gasteiger partial charge in [-0.25, -0.2) is 8.42 Å². The third-order valence-electron chi connectivity index (χ3n) is 7.83. The molecule has 2 aromatic carbocycles. The van der Waals surface area contributed by atoms with Gasteiger partial charge in [-0.1, -0.05) is 11.6 Å². The Morgan fingerprint density at radius 3 is 2.40 bits per heavy atom. The van der Waals surface area contributed by atoms with Crippen LogP contribution < -0.4 is 9.64 Å². The highest BCUT2D eigenvalue weighted by atomic mass is 35.5. The number of carbonyl (C=O) groups excluding carboxylic acids is 1. The number of sulfone groups is 1. The molecule has 1 spiro atoms. The van der Waals surface area contributed by atoms with Crippen molar-refractivity contribution < 1.29 is 23.1 Å². The van der Waals surface area contributed by atoms with Gasteiger partial charge in [0.25, 0.3) is 0 Å². The molecule has 2 fully saturated rings. The highest BCUT2D eigenvalue weighted by molar-refractivity contribution is 7.90. The van der Waals surface area contributed by atoms with E-state index >= 15 is 0 Å². The van der Waals surface area contributed by atoms with Crippen molar-refractivity contribution in [1.82, 2.24) is 4.90 Å². The number of halogens is 1. The minimum atomic E-state index is -3.23. The minimum Gasteiger partial charge on any atom is -0.492 e. The second-order valence-corrected chi connectivity index (χ2v) is 12.6. The average Bonchev–Trinajstić information content (AvgIpc) is 3.03. The lowest BCUT2D eigenvalue weighted by Gasteiger charge is -2.43. The van der Waals surface area contributed by atoms with Gasteiger partial charge in [-0.05, 0) is 93.7 Å². The third-order valence-corrected chi connectivity index (χ3v) is 9.20. The molecule has 1 aliphatic carbocycles. The van der Waals surface area contributed by atoms with Crippen molar-refractivity contribution in [2.45, 2.75) is 61.1 Å². The number of rotatable bonds is 6. The van der Waals surface area contributed by atoms with E-state index in [4.69, 9.17) is 16.3 Å². The van der Waals surface area contributed by atoms with E-state index in [1.54, 1.807) is 24.3 Å². The maximum atomic E-state index is 13.8. The molecule has 5 rings (SSSR count). The summed E-state index contributed by atoms with van der Waals surface area (Å²) in [5.74, 6) is 0.770. The average molecular weight is 519 g/mol. The number of fused-ring (bicyclic) bond motifs is 2. The molecule has 2 heterocycles. The number of anilines is 1. The number of benzene rings is 2. The Morgan fingerprint density at radius 1 is 1.14 bits per heavy atom. The fourth-order valence-corrected chi connectivity index (χ4v) is 6.43. The summed E-state index contributed by atoms with van der Waals surface area (Å²) in [6, 6.07) is 12.4. The summed E-state index contributed by atoms with van der Waals surface area (Å²) in [5.41, 5.74) is 1.39. The fraction of sp³-hybridized carbons (Fsp3) is 0.500. The van der Waals surface area contributed by atoms with Crippen molar-refractivity contribution >= 4 is 33.0 Å². The van der Waals surface area contributed by atoms with Gasteiger partial charge in [0, 0.05) is 29.0 Å². The Bertz CT molecular complexity index is 1220. The van der Waals surface area contributed by atoms with Crippen LogP contribution in [0.5, 0.6) is 5.75 Å². The first kappa shape index (κ1) is 24.6. The van der Waals surface area contributed by atoms with Crippen LogP contribution in [-0.4, -0.2) is 68.5 Å².